The van der Waals surface area contributed by atoms with Crippen molar-refractivity contribution in [2.75, 3.05) is 5.75 Å². The van der Waals surface area contributed by atoms with Gasteiger partial charge in [-0.15, -0.1) is 10.2 Å². The number of benzene rings is 1. The molecule has 0 radical (unpaired) electrons. The Hall–Kier alpha value is -2.66. The third-order valence-electron chi connectivity index (χ3n) is 4.43. The molecule has 0 aliphatic carbocycles. The summed E-state index contributed by atoms with van der Waals surface area (Å²) in [5, 5.41) is 8.56. The van der Waals surface area contributed by atoms with Crippen molar-refractivity contribution >= 4 is 38.9 Å². The van der Waals surface area contributed by atoms with Crippen molar-refractivity contribution in [1.29, 1.82) is 0 Å². The van der Waals surface area contributed by atoms with E-state index in [1.165, 1.54) is 27.2 Å². The highest BCUT2D eigenvalue weighted by atomic mass is 79.9. The van der Waals surface area contributed by atoms with E-state index in [0.717, 1.165) is 10.0 Å². The van der Waals surface area contributed by atoms with Crippen LogP contribution in [0, 0.1) is 0 Å². The molecule has 9 nitrogen and oxygen atoms in total. The standard InChI is InChI=1S/C18H17BrN6O3S/c1-23-10-20-14-13(23)16(26)25(18(27)24(14)2)7-4-8-29-17-22-21-15(28-17)11-5-3-6-12(19)9-11/h3,5-6,9-10H,4,7-8H2,1-2H3. The van der Waals surface area contributed by atoms with Crippen LogP contribution in [0.5, 0.6) is 0 Å². The molecule has 0 aliphatic heterocycles. The SMILES string of the molecule is Cn1cnc2c1c(=O)n(CCCSc1nnc(-c3cccc(Br)c3)o1)c(=O)n2C. The molecule has 0 N–H and O–H groups in total. The number of hydrogen-bond donors (Lipinski definition) is 0. The highest BCUT2D eigenvalue weighted by Gasteiger charge is 2.15. The van der Waals surface area contributed by atoms with E-state index in [-0.39, 0.29) is 11.2 Å². The van der Waals surface area contributed by atoms with Gasteiger partial charge in [-0.3, -0.25) is 13.9 Å². The average Bonchev–Trinajstić information content (AvgIpc) is 3.33. The lowest BCUT2D eigenvalue weighted by molar-refractivity contribution is 0.465. The summed E-state index contributed by atoms with van der Waals surface area (Å²) in [7, 11) is 3.35. The number of thioether (sulfide) groups is 1. The van der Waals surface area contributed by atoms with Gasteiger partial charge >= 0.3 is 5.69 Å². The molecular formula is C18H17BrN6O3S. The summed E-state index contributed by atoms with van der Waals surface area (Å²) < 4.78 is 10.9. The first kappa shape index (κ1) is 19.6. The molecule has 0 atom stereocenters. The Bertz CT molecular complexity index is 1310. The number of nitrogens with zero attached hydrogens (tertiary/aromatic N) is 6. The van der Waals surface area contributed by atoms with Gasteiger partial charge in [-0.05, 0) is 24.6 Å². The number of aromatic nitrogens is 6. The first-order chi connectivity index (χ1) is 14.0. The van der Waals surface area contributed by atoms with Crippen molar-refractivity contribution < 1.29 is 4.42 Å². The minimum atomic E-state index is -0.374. The predicted molar refractivity (Wildman–Crippen MR) is 113 cm³/mol. The fraction of sp³-hybridized carbons (Fsp3) is 0.278. The third-order valence-corrected chi connectivity index (χ3v) is 5.83. The minimum Gasteiger partial charge on any atom is -0.411 e. The third kappa shape index (κ3) is 3.79. The first-order valence-electron chi connectivity index (χ1n) is 8.79. The second-order valence-electron chi connectivity index (χ2n) is 6.41. The van der Waals surface area contributed by atoms with E-state index in [1.54, 1.807) is 18.7 Å². The molecule has 3 aromatic heterocycles. The number of aryl methyl sites for hydroxylation is 2. The van der Waals surface area contributed by atoms with Crippen LogP contribution in [0.4, 0.5) is 0 Å². The molecule has 29 heavy (non-hydrogen) atoms. The molecule has 3 heterocycles. The monoisotopic (exact) mass is 476 g/mol. The molecule has 150 valence electrons. The van der Waals surface area contributed by atoms with Gasteiger partial charge in [0.05, 0.1) is 6.33 Å². The molecule has 0 fully saturated rings. The summed E-state index contributed by atoms with van der Waals surface area (Å²) in [6.07, 6.45) is 2.13. The maximum Gasteiger partial charge on any atom is 0.332 e. The Morgan fingerprint density at radius 2 is 2.03 bits per heavy atom. The van der Waals surface area contributed by atoms with E-state index in [1.807, 2.05) is 24.3 Å². The summed E-state index contributed by atoms with van der Waals surface area (Å²) >= 11 is 4.81. The van der Waals surface area contributed by atoms with E-state index in [0.29, 0.717) is 41.0 Å². The fourth-order valence-electron chi connectivity index (χ4n) is 2.98. The molecule has 1 aromatic carbocycles. The minimum absolute atomic E-state index is 0.298. The van der Waals surface area contributed by atoms with Gasteiger partial charge in [-0.2, -0.15) is 0 Å². The molecule has 0 unspecified atom stereocenters. The first-order valence-corrected chi connectivity index (χ1v) is 10.6. The van der Waals surface area contributed by atoms with Crippen LogP contribution in [0.3, 0.4) is 0 Å². The number of fused-ring (bicyclic) bond motifs is 1. The van der Waals surface area contributed by atoms with Gasteiger partial charge in [0.25, 0.3) is 10.8 Å². The van der Waals surface area contributed by atoms with Gasteiger partial charge in [-0.25, -0.2) is 9.78 Å². The van der Waals surface area contributed by atoms with Gasteiger partial charge in [0, 0.05) is 36.4 Å². The van der Waals surface area contributed by atoms with Crippen LogP contribution in [-0.2, 0) is 20.6 Å². The van der Waals surface area contributed by atoms with Crippen LogP contribution >= 0.6 is 27.7 Å². The Labute approximate surface area is 177 Å². The fourth-order valence-corrected chi connectivity index (χ4v) is 4.07. The van der Waals surface area contributed by atoms with E-state index in [2.05, 4.69) is 31.1 Å². The molecule has 4 aromatic rings. The van der Waals surface area contributed by atoms with Crippen LogP contribution < -0.4 is 11.2 Å². The Kier molecular flexibility index (Phi) is 5.41. The maximum atomic E-state index is 12.7. The molecule has 0 spiro atoms. The Morgan fingerprint density at radius 1 is 1.21 bits per heavy atom. The Morgan fingerprint density at radius 3 is 2.83 bits per heavy atom. The normalized spacial score (nSPS) is 11.4. The van der Waals surface area contributed by atoms with Crippen molar-refractivity contribution in [2.45, 2.75) is 18.2 Å². The van der Waals surface area contributed by atoms with Crippen molar-refractivity contribution in [1.82, 2.24) is 28.9 Å². The zero-order valence-electron chi connectivity index (χ0n) is 15.7. The van der Waals surface area contributed by atoms with Crippen LogP contribution in [0.25, 0.3) is 22.6 Å². The molecule has 4 rings (SSSR count). The summed E-state index contributed by atoms with van der Waals surface area (Å²) in [5.74, 6) is 1.07. The topological polar surface area (TPSA) is 101 Å². The van der Waals surface area contributed by atoms with Gasteiger partial charge in [0.2, 0.25) is 5.89 Å². The van der Waals surface area contributed by atoms with Crippen molar-refractivity contribution in [3.8, 4) is 11.5 Å². The number of rotatable bonds is 6. The summed E-state index contributed by atoms with van der Waals surface area (Å²) in [5.41, 5.74) is 0.927. The van der Waals surface area contributed by atoms with Crippen molar-refractivity contribution in [3.63, 3.8) is 0 Å². The van der Waals surface area contributed by atoms with Crippen molar-refractivity contribution in [3.05, 3.63) is 55.9 Å². The molecule has 0 aliphatic rings. The van der Waals surface area contributed by atoms with Crippen LogP contribution in [-0.4, -0.2) is 34.6 Å². The van der Waals surface area contributed by atoms with Crippen LogP contribution in [0.1, 0.15) is 6.42 Å². The maximum absolute atomic E-state index is 12.7. The second-order valence-corrected chi connectivity index (χ2v) is 8.37. The summed E-state index contributed by atoms with van der Waals surface area (Å²) in [4.78, 5) is 29.3. The number of halogens is 1. The zero-order valence-corrected chi connectivity index (χ0v) is 18.1. The summed E-state index contributed by atoms with van der Waals surface area (Å²) in [6, 6.07) is 7.61. The highest BCUT2D eigenvalue weighted by Crippen LogP contribution is 2.25. The lowest BCUT2D eigenvalue weighted by Gasteiger charge is -2.08. The lowest BCUT2D eigenvalue weighted by Crippen LogP contribution is -2.39. The van der Waals surface area contributed by atoms with Crippen LogP contribution in [0.2, 0.25) is 0 Å². The van der Waals surface area contributed by atoms with Gasteiger partial charge in [-0.1, -0.05) is 33.8 Å². The van der Waals surface area contributed by atoms with E-state index in [9.17, 15) is 9.59 Å². The largest absolute Gasteiger partial charge is 0.411 e. The van der Waals surface area contributed by atoms with Crippen molar-refractivity contribution in [2.24, 2.45) is 14.1 Å². The Balaban J connectivity index is 1.44. The molecule has 0 saturated heterocycles. The molecule has 0 bridgehead atoms. The molecule has 0 saturated carbocycles. The van der Waals surface area contributed by atoms with Gasteiger partial charge in [0.15, 0.2) is 11.2 Å². The molecular weight excluding hydrogens is 460 g/mol. The van der Waals surface area contributed by atoms with E-state index in [4.69, 9.17) is 4.42 Å². The predicted octanol–water partition coefficient (Wildman–Crippen LogP) is 2.43. The number of hydrogen-bond acceptors (Lipinski definition) is 7. The smallest absolute Gasteiger partial charge is 0.332 e. The average molecular weight is 477 g/mol. The number of imidazole rings is 1. The van der Waals surface area contributed by atoms with Gasteiger partial charge < -0.3 is 8.98 Å². The van der Waals surface area contributed by atoms with Gasteiger partial charge in [0.1, 0.15) is 0 Å². The van der Waals surface area contributed by atoms with Crippen LogP contribution in [0.15, 0.2) is 54.3 Å². The second kappa shape index (κ2) is 7.99. The molecule has 11 heteroatoms. The highest BCUT2D eigenvalue weighted by molar-refractivity contribution is 9.10. The zero-order chi connectivity index (χ0) is 20.5. The quantitative estimate of drug-likeness (QED) is 0.311. The van der Waals surface area contributed by atoms with E-state index < -0.39 is 0 Å². The summed E-state index contributed by atoms with van der Waals surface area (Å²) in [6.45, 7) is 0.298. The van der Waals surface area contributed by atoms with E-state index >= 15 is 0 Å². The lowest BCUT2D eigenvalue weighted by atomic mass is 10.2. The molecule has 0 amide bonds.